The molecule has 0 radical (unpaired) electrons. The van der Waals surface area contributed by atoms with E-state index in [-0.39, 0.29) is 0 Å². The number of halogens is 1. The van der Waals surface area contributed by atoms with Crippen molar-refractivity contribution in [1.29, 1.82) is 5.26 Å². The van der Waals surface area contributed by atoms with Crippen molar-refractivity contribution >= 4 is 17.0 Å². The van der Waals surface area contributed by atoms with Crippen LogP contribution in [0.3, 0.4) is 0 Å². The molecule has 1 aromatic heterocycles. The summed E-state index contributed by atoms with van der Waals surface area (Å²) in [7, 11) is 0. The molecule has 0 bridgehead atoms. The number of hydrogen-bond acceptors (Lipinski definition) is 4. The van der Waals surface area contributed by atoms with Gasteiger partial charge < -0.3 is 5.32 Å². The number of thiazole rings is 1. The summed E-state index contributed by atoms with van der Waals surface area (Å²) in [6.07, 6.45) is 2.55. The van der Waals surface area contributed by atoms with Gasteiger partial charge in [-0.3, -0.25) is 0 Å². The van der Waals surface area contributed by atoms with Gasteiger partial charge in [-0.1, -0.05) is 0 Å². The monoisotopic (exact) mass is 247 g/mol. The number of nitrogens with one attached hydrogen (secondary N) is 1. The molecule has 17 heavy (non-hydrogen) atoms. The van der Waals surface area contributed by atoms with Gasteiger partial charge in [0.2, 0.25) is 0 Å². The third kappa shape index (κ3) is 3.26. The molecule has 86 valence electrons. The Bertz CT molecular complexity index is 531. The molecule has 0 aliphatic carbocycles. The molecular formula is C12H10FN3S. The van der Waals surface area contributed by atoms with E-state index < -0.39 is 5.82 Å². The Morgan fingerprint density at radius 1 is 1.41 bits per heavy atom. The van der Waals surface area contributed by atoms with Crippen LogP contribution in [0.5, 0.6) is 0 Å². The number of aromatic nitrogens is 1. The van der Waals surface area contributed by atoms with Crippen LogP contribution in [0.2, 0.25) is 0 Å². The summed E-state index contributed by atoms with van der Waals surface area (Å²) in [5.41, 5.74) is 0.944. The summed E-state index contributed by atoms with van der Waals surface area (Å²) in [6, 6.07) is 6.14. The van der Waals surface area contributed by atoms with Gasteiger partial charge in [-0.2, -0.15) is 5.26 Å². The summed E-state index contributed by atoms with van der Waals surface area (Å²) in [5.74, 6) is -0.402. The first-order chi connectivity index (χ1) is 8.28. The summed E-state index contributed by atoms with van der Waals surface area (Å²) in [6.45, 7) is 0.668. The van der Waals surface area contributed by atoms with Crippen molar-refractivity contribution in [2.45, 2.75) is 6.42 Å². The summed E-state index contributed by atoms with van der Waals surface area (Å²) in [5, 5.41) is 14.7. The predicted octanol–water partition coefficient (Wildman–Crippen LogP) is 2.81. The number of hydrogen-bond donors (Lipinski definition) is 1. The first-order valence-corrected chi connectivity index (χ1v) is 5.99. The number of anilines is 1. The predicted molar refractivity (Wildman–Crippen MR) is 65.4 cm³/mol. The van der Waals surface area contributed by atoms with E-state index in [0.717, 1.165) is 11.4 Å². The molecule has 1 N–H and O–H groups in total. The minimum atomic E-state index is -0.402. The molecular weight excluding hydrogens is 237 g/mol. The molecule has 0 saturated heterocycles. The minimum absolute atomic E-state index is 0.321. The van der Waals surface area contributed by atoms with Crippen LogP contribution in [0, 0.1) is 17.1 Å². The van der Waals surface area contributed by atoms with Gasteiger partial charge in [0.15, 0.2) is 0 Å². The van der Waals surface area contributed by atoms with Crippen LogP contribution < -0.4 is 5.32 Å². The zero-order valence-electron chi connectivity index (χ0n) is 8.98. The number of rotatable bonds is 4. The maximum Gasteiger partial charge on any atom is 0.126 e. The summed E-state index contributed by atoms with van der Waals surface area (Å²) >= 11 is 1.59. The second-order valence-corrected chi connectivity index (χ2v) is 4.42. The fourth-order valence-corrected chi connectivity index (χ4v) is 2.07. The Morgan fingerprint density at radius 3 is 3.00 bits per heavy atom. The molecule has 0 fully saturated rings. The molecule has 0 saturated carbocycles. The maximum absolute atomic E-state index is 13.1. The molecule has 1 heterocycles. The standard InChI is InChI=1S/C12H10FN3S/c13-10-5-9(8-14)6-11(7-10)15-2-1-12-16-3-4-17-12/h3-7,15H,1-2H2. The molecule has 0 unspecified atom stereocenters. The van der Waals surface area contributed by atoms with Gasteiger partial charge in [-0.05, 0) is 18.2 Å². The van der Waals surface area contributed by atoms with Crippen LogP contribution in [-0.4, -0.2) is 11.5 Å². The van der Waals surface area contributed by atoms with Crippen molar-refractivity contribution in [1.82, 2.24) is 4.98 Å². The molecule has 0 atom stereocenters. The second-order valence-electron chi connectivity index (χ2n) is 3.44. The highest BCUT2D eigenvalue weighted by Crippen LogP contribution is 2.13. The van der Waals surface area contributed by atoms with Gasteiger partial charge in [-0.15, -0.1) is 11.3 Å². The van der Waals surface area contributed by atoms with Gasteiger partial charge in [0.25, 0.3) is 0 Å². The topological polar surface area (TPSA) is 48.7 Å². The zero-order chi connectivity index (χ0) is 12.1. The number of nitriles is 1. The largest absolute Gasteiger partial charge is 0.385 e. The van der Waals surface area contributed by atoms with Crippen LogP contribution in [-0.2, 0) is 6.42 Å². The van der Waals surface area contributed by atoms with Gasteiger partial charge in [-0.25, -0.2) is 9.37 Å². The van der Waals surface area contributed by atoms with E-state index >= 15 is 0 Å². The Morgan fingerprint density at radius 2 is 2.29 bits per heavy atom. The van der Waals surface area contributed by atoms with Crippen molar-refractivity contribution in [3.63, 3.8) is 0 Å². The number of benzene rings is 1. The van der Waals surface area contributed by atoms with Gasteiger partial charge >= 0.3 is 0 Å². The first-order valence-electron chi connectivity index (χ1n) is 5.11. The van der Waals surface area contributed by atoms with Crippen LogP contribution in [0.15, 0.2) is 29.8 Å². The van der Waals surface area contributed by atoms with E-state index in [9.17, 15) is 4.39 Å². The van der Waals surface area contributed by atoms with Crippen molar-refractivity contribution in [3.8, 4) is 6.07 Å². The van der Waals surface area contributed by atoms with E-state index in [4.69, 9.17) is 5.26 Å². The van der Waals surface area contributed by atoms with E-state index in [1.54, 1.807) is 23.6 Å². The van der Waals surface area contributed by atoms with Crippen LogP contribution in [0.25, 0.3) is 0 Å². The molecule has 0 spiro atoms. The molecule has 5 heteroatoms. The fourth-order valence-electron chi connectivity index (χ4n) is 1.45. The lowest BCUT2D eigenvalue weighted by atomic mass is 10.2. The SMILES string of the molecule is N#Cc1cc(F)cc(NCCc2nccs2)c1. The number of nitrogens with zero attached hydrogens (tertiary/aromatic N) is 2. The quantitative estimate of drug-likeness (QED) is 0.903. The van der Waals surface area contributed by atoms with Crippen molar-refractivity contribution in [3.05, 3.63) is 46.2 Å². The fraction of sp³-hybridized carbons (Fsp3) is 0.167. The smallest absolute Gasteiger partial charge is 0.126 e. The summed E-state index contributed by atoms with van der Waals surface area (Å²) in [4.78, 5) is 4.15. The minimum Gasteiger partial charge on any atom is -0.385 e. The Kier molecular flexibility index (Phi) is 3.68. The Balaban J connectivity index is 1.95. The van der Waals surface area contributed by atoms with Gasteiger partial charge in [0.05, 0.1) is 16.6 Å². The van der Waals surface area contributed by atoms with Crippen molar-refractivity contribution in [2.24, 2.45) is 0 Å². The highest BCUT2D eigenvalue weighted by Gasteiger charge is 2.00. The van der Waals surface area contributed by atoms with Crippen molar-refractivity contribution in [2.75, 3.05) is 11.9 Å². The van der Waals surface area contributed by atoms with Gasteiger partial charge in [0.1, 0.15) is 5.82 Å². The van der Waals surface area contributed by atoms with E-state index in [1.165, 1.54) is 12.1 Å². The molecule has 3 nitrogen and oxygen atoms in total. The average molecular weight is 247 g/mol. The van der Waals surface area contributed by atoms with E-state index in [2.05, 4.69) is 10.3 Å². The lowest BCUT2D eigenvalue weighted by Crippen LogP contribution is -2.05. The third-order valence-electron chi connectivity index (χ3n) is 2.18. The van der Waals surface area contributed by atoms with E-state index in [1.807, 2.05) is 11.4 Å². The highest BCUT2D eigenvalue weighted by atomic mass is 32.1. The van der Waals surface area contributed by atoms with E-state index in [0.29, 0.717) is 17.8 Å². The molecule has 2 aromatic rings. The lowest BCUT2D eigenvalue weighted by molar-refractivity contribution is 0.627. The maximum atomic E-state index is 13.1. The highest BCUT2D eigenvalue weighted by molar-refractivity contribution is 7.09. The van der Waals surface area contributed by atoms with Crippen molar-refractivity contribution < 1.29 is 4.39 Å². The Hall–Kier alpha value is -1.93. The molecule has 1 aromatic carbocycles. The van der Waals surface area contributed by atoms with Crippen LogP contribution in [0.4, 0.5) is 10.1 Å². The lowest BCUT2D eigenvalue weighted by Gasteiger charge is -2.05. The second kappa shape index (κ2) is 5.41. The summed E-state index contributed by atoms with van der Waals surface area (Å²) < 4.78 is 13.1. The Labute approximate surface area is 103 Å². The first kappa shape index (κ1) is 11.6. The normalized spacial score (nSPS) is 9.88. The molecule has 0 amide bonds. The molecule has 0 aliphatic rings. The zero-order valence-corrected chi connectivity index (χ0v) is 9.80. The molecule has 2 rings (SSSR count). The van der Waals surface area contributed by atoms with Crippen LogP contribution in [0.1, 0.15) is 10.6 Å². The average Bonchev–Trinajstić information content (AvgIpc) is 2.81. The third-order valence-corrected chi connectivity index (χ3v) is 3.02. The molecule has 0 aliphatic heterocycles. The van der Waals surface area contributed by atoms with Gasteiger partial charge in [0, 0.05) is 30.2 Å². The van der Waals surface area contributed by atoms with Crippen LogP contribution >= 0.6 is 11.3 Å².